The van der Waals surface area contributed by atoms with Crippen molar-refractivity contribution >= 4 is 62.4 Å². The minimum Gasteiger partial charge on any atom is -0.311 e. The van der Waals surface area contributed by atoms with Gasteiger partial charge in [-0.25, -0.2) is 0 Å². The summed E-state index contributed by atoms with van der Waals surface area (Å²) in [5.74, 6) is 0. The molecule has 2 heterocycles. The molecule has 0 spiro atoms. The van der Waals surface area contributed by atoms with Crippen LogP contribution in [0.3, 0.4) is 0 Å². The zero-order valence-corrected chi connectivity index (χ0v) is 38.8. The summed E-state index contributed by atoms with van der Waals surface area (Å²) in [6.45, 7) is 4.75. The molecule has 0 saturated heterocycles. The maximum atomic E-state index is 2.51. The molecule has 13 rings (SSSR count). The lowest BCUT2D eigenvalue weighted by Crippen LogP contribution is -2.14. The normalized spacial score (nSPS) is 13.2. The van der Waals surface area contributed by atoms with Crippen molar-refractivity contribution in [2.45, 2.75) is 38.8 Å². The number of anilines is 3. The molecule has 67 heavy (non-hydrogen) atoms. The van der Waals surface area contributed by atoms with Gasteiger partial charge in [0.1, 0.15) is 0 Å². The van der Waals surface area contributed by atoms with Crippen molar-refractivity contribution in [3.63, 3.8) is 0 Å². The second kappa shape index (κ2) is 15.8. The van der Waals surface area contributed by atoms with Crippen LogP contribution in [0.2, 0.25) is 0 Å². The van der Waals surface area contributed by atoms with E-state index in [9.17, 15) is 0 Å². The van der Waals surface area contributed by atoms with Crippen molar-refractivity contribution in [1.82, 2.24) is 4.57 Å². The Kier molecular flexibility index (Phi) is 9.42. The standard InChI is InChI=1S/C63H44N2S2/c1-63(2)55-18-10-9-17-51(55)52-37-53-54-38-61-62(67-60-20-12-11-19-59(60)66-61)40-58(54)65(57(53)39-56(52)63)50-35-27-46(28-36-50)45-25-33-49(34-26-45)64(47-29-21-43(22-30-47)41-13-5-3-6-14-41)48-31-23-44(24-32-48)42-15-7-4-8-16-42/h3-40H,1-2H3. The Morgan fingerprint density at radius 3 is 1.30 bits per heavy atom. The average molecular weight is 893 g/mol. The molecule has 0 bridgehead atoms. The summed E-state index contributed by atoms with van der Waals surface area (Å²) in [7, 11) is 0. The third-order valence-electron chi connectivity index (χ3n) is 13.9. The van der Waals surface area contributed by atoms with E-state index in [0.29, 0.717) is 0 Å². The number of aromatic nitrogens is 1. The van der Waals surface area contributed by atoms with Gasteiger partial charge in [-0.3, -0.25) is 0 Å². The molecule has 0 fully saturated rings. The molecule has 2 nitrogen and oxygen atoms in total. The summed E-state index contributed by atoms with van der Waals surface area (Å²) < 4.78 is 2.51. The van der Waals surface area contributed by atoms with Gasteiger partial charge in [-0.1, -0.05) is 183 Å². The third-order valence-corrected chi connectivity index (χ3v) is 16.4. The minimum absolute atomic E-state index is 0.100. The molecule has 0 radical (unpaired) electrons. The van der Waals surface area contributed by atoms with Gasteiger partial charge in [0, 0.05) is 58.5 Å². The summed E-state index contributed by atoms with van der Waals surface area (Å²) in [6, 6.07) is 84.8. The Morgan fingerprint density at radius 1 is 0.343 bits per heavy atom. The summed E-state index contributed by atoms with van der Waals surface area (Å²) >= 11 is 3.78. The molecule has 0 amide bonds. The van der Waals surface area contributed by atoms with Crippen molar-refractivity contribution in [2.24, 2.45) is 0 Å². The quantitative estimate of drug-likeness (QED) is 0.158. The molecule has 10 aromatic carbocycles. The monoisotopic (exact) mass is 892 g/mol. The van der Waals surface area contributed by atoms with Gasteiger partial charge >= 0.3 is 0 Å². The van der Waals surface area contributed by atoms with Gasteiger partial charge in [-0.15, -0.1) is 0 Å². The van der Waals surface area contributed by atoms with Crippen LogP contribution in [0.4, 0.5) is 17.1 Å². The fourth-order valence-electron chi connectivity index (χ4n) is 10.4. The number of benzene rings is 10. The smallest absolute Gasteiger partial charge is 0.0553 e. The fourth-order valence-corrected chi connectivity index (χ4v) is 12.7. The first-order chi connectivity index (χ1) is 32.9. The summed E-state index contributed by atoms with van der Waals surface area (Å²) in [5.41, 5.74) is 19.5. The molecular formula is C63H44N2S2. The number of nitrogens with zero attached hydrogens (tertiary/aromatic N) is 2. The maximum absolute atomic E-state index is 2.51. The van der Waals surface area contributed by atoms with E-state index < -0.39 is 0 Å². The molecular weight excluding hydrogens is 849 g/mol. The van der Waals surface area contributed by atoms with Gasteiger partial charge in [0.05, 0.1) is 11.0 Å². The van der Waals surface area contributed by atoms with Gasteiger partial charge in [-0.05, 0) is 141 Å². The Bertz CT molecular complexity index is 3580. The van der Waals surface area contributed by atoms with Crippen LogP contribution >= 0.6 is 23.5 Å². The lowest BCUT2D eigenvalue weighted by atomic mass is 9.82. The molecule has 2 aliphatic rings. The second-order valence-electron chi connectivity index (χ2n) is 18.1. The molecule has 0 atom stereocenters. The van der Waals surface area contributed by atoms with Crippen molar-refractivity contribution in [1.29, 1.82) is 0 Å². The largest absolute Gasteiger partial charge is 0.311 e. The lowest BCUT2D eigenvalue weighted by Gasteiger charge is -2.26. The highest BCUT2D eigenvalue weighted by Gasteiger charge is 2.36. The van der Waals surface area contributed by atoms with Crippen molar-refractivity contribution < 1.29 is 0 Å². The molecule has 0 unspecified atom stereocenters. The van der Waals surface area contributed by atoms with E-state index in [2.05, 4.69) is 254 Å². The first kappa shape index (κ1) is 39.8. The van der Waals surface area contributed by atoms with E-state index in [4.69, 9.17) is 0 Å². The van der Waals surface area contributed by atoms with E-state index in [1.807, 2.05) is 23.5 Å². The first-order valence-electron chi connectivity index (χ1n) is 23.0. The predicted molar refractivity (Wildman–Crippen MR) is 284 cm³/mol. The molecule has 0 saturated carbocycles. The first-order valence-corrected chi connectivity index (χ1v) is 24.6. The van der Waals surface area contributed by atoms with E-state index in [-0.39, 0.29) is 5.41 Å². The summed E-state index contributed by atoms with van der Waals surface area (Å²) in [6.07, 6.45) is 0. The average Bonchev–Trinajstić information content (AvgIpc) is 3.81. The third kappa shape index (κ3) is 6.74. The molecule has 318 valence electrons. The minimum atomic E-state index is -0.100. The Hall–Kier alpha value is -7.50. The predicted octanol–water partition coefficient (Wildman–Crippen LogP) is 18.2. The Labute approximate surface area is 400 Å². The topological polar surface area (TPSA) is 8.17 Å². The van der Waals surface area contributed by atoms with Crippen molar-refractivity contribution in [2.75, 3.05) is 4.90 Å². The van der Waals surface area contributed by atoms with E-state index in [0.717, 1.165) is 22.7 Å². The molecule has 1 aliphatic heterocycles. The van der Waals surface area contributed by atoms with Crippen molar-refractivity contribution in [3.8, 4) is 50.2 Å². The van der Waals surface area contributed by atoms with Crippen LogP contribution < -0.4 is 4.90 Å². The van der Waals surface area contributed by atoms with Crippen LogP contribution in [0.1, 0.15) is 25.0 Å². The fraction of sp³-hybridized carbons (Fsp3) is 0.0476. The van der Waals surface area contributed by atoms with Gasteiger partial charge in [0.25, 0.3) is 0 Å². The molecule has 0 N–H and O–H groups in total. The Balaban J connectivity index is 0.882. The van der Waals surface area contributed by atoms with Crippen LogP contribution in [-0.2, 0) is 5.41 Å². The maximum Gasteiger partial charge on any atom is 0.0553 e. The van der Waals surface area contributed by atoms with E-state index in [1.165, 1.54) is 97.0 Å². The SMILES string of the molecule is CC1(C)c2ccccc2-c2cc3c4cc5c(cc4n(-c4ccc(-c6ccc(N(c7ccc(-c8ccccc8)cc7)c7ccc(-c8ccccc8)cc7)cc6)cc4)c3cc21)Sc1ccccc1S5. The molecule has 1 aromatic heterocycles. The number of rotatable bonds is 7. The van der Waals surface area contributed by atoms with Gasteiger partial charge in [-0.2, -0.15) is 0 Å². The lowest BCUT2D eigenvalue weighted by molar-refractivity contribution is 0.661. The van der Waals surface area contributed by atoms with Gasteiger partial charge in [0.2, 0.25) is 0 Å². The van der Waals surface area contributed by atoms with E-state index in [1.54, 1.807) is 0 Å². The molecule has 4 heteroatoms. The van der Waals surface area contributed by atoms with Gasteiger partial charge in [0.15, 0.2) is 0 Å². The number of hydrogen-bond acceptors (Lipinski definition) is 3. The van der Waals surface area contributed by atoms with E-state index >= 15 is 0 Å². The van der Waals surface area contributed by atoms with Gasteiger partial charge < -0.3 is 9.47 Å². The molecule has 1 aliphatic carbocycles. The van der Waals surface area contributed by atoms with Crippen molar-refractivity contribution in [3.05, 3.63) is 242 Å². The van der Waals surface area contributed by atoms with Crippen LogP contribution in [0.15, 0.2) is 250 Å². The second-order valence-corrected chi connectivity index (χ2v) is 20.3. The van der Waals surface area contributed by atoms with Crippen LogP contribution in [0.25, 0.3) is 72.0 Å². The zero-order valence-electron chi connectivity index (χ0n) is 37.2. The van der Waals surface area contributed by atoms with Crippen LogP contribution in [0.5, 0.6) is 0 Å². The zero-order chi connectivity index (χ0) is 44.6. The highest BCUT2D eigenvalue weighted by molar-refractivity contribution is 8.05. The van der Waals surface area contributed by atoms with Crippen LogP contribution in [0, 0.1) is 0 Å². The molecule has 11 aromatic rings. The number of hydrogen-bond donors (Lipinski definition) is 0. The number of fused-ring (bicyclic) bond motifs is 8. The Morgan fingerprint density at radius 2 is 0.761 bits per heavy atom. The highest BCUT2D eigenvalue weighted by Crippen LogP contribution is 2.54. The summed E-state index contributed by atoms with van der Waals surface area (Å²) in [5, 5.41) is 2.59. The summed E-state index contributed by atoms with van der Waals surface area (Å²) in [4.78, 5) is 7.63. The highest BCUT2D eigenvalue weighted by atomic mass is 32.2. The van der Waals surface area contributed by atoms with Crippen LogP contribution in [-0.4, -0.2) is 4.57 Å².